The number of para-hydroxylation sites is 1. The Balaban J connectivity index is 1.66. The number of rotatable bonds is 4. The minimum atomic E-state index is 0.289. The lowest BCUT2D eigenvalue weighted by molar-refractivity contribution is 0.204. The van der Waals surface area contributed by atoms with Crippen LogP contribution >= 0.6 is 0 Å². The topological polar surface area (TPSA) is 45.4 Å². The molecule has 1 saturated carbocycles. The number of hydrogen-bond donors (Lipinski definition) is 2. The van der Waals surface area contributed by atoms with E-state index < -0.39 is 0 Å². The van der Waals surface area contributed by atoms with Gasteiger partial charge in [0.15, 0.2) is 0 Å². The smallest absolute Gasteiger partial charge is 0.134 e. The van der Waals surface area contributed by atoms with Crippen LogP contribution in [0.5, 0.6) is 0 Å². The van der Waals surface area contributed by atoms with E-state index in [9.17, 15) is 5.11 Å². The first-order chi connectivity index (χ1) is 8.86. The highest BCUT2D eigenvalue weighted by Crippen LogP contribution is 2.26. The van der Waals surface area contributed by atoms with Crippen LogP contribution in [0.1, 0.15) is 25.0 Å². The molecule has 3 heteroatoms. The molecule has 0 spiro atoms. The maximum atomic E-state index is 9.28. The predicted molar refractivity (Wildman–Crippen MR) is 71.3 cm³/mol. The van der Waals surface area contributed by atoms with Crippen molar-refractivity contribution in [1.82, 2.24) is 5.32 Å². The summed E-state index contributed by atoms with van der Waals surface area (Å²) in [6.45, 7) is 1.04. The molecule has 1 aromatic carbocycles. The molecule has 2 N–H and O–H groups in total. The fourth-order valence-corrected chi connectivity index (χ4v) is 2.88. The number of benzene rings is 1. The minimum Gasteiger partial charge on any atom is -0.460 e. The van der Waals surface area contributed by atoms with Crippen LogP contribution in [0, 0.1) is 5.92 Å². The second-order valence-electron chi connectivity index (χ2n) is 5.11. The summed E-state index contributed by atoms with van der Waals surface area (Å²) in [5, 5.41) is 13.9. The van der Waals surface area contributed by atoms with E-state index in [1.165, 1.54) is 6.42 Å². The van der Waals surface area contributed by atoms with Crippen LogP contribution in [0.3, 0.4) is 0 Å². The van der Waals surface area contributed by atoms with E-state index in [4.69, 9.17) is 4.42 Å². The van der Waals surface area contributed by atoms with Crippen molar-refractivity contribution in [3.63, 3.8) is 0 Å². The molecule has 0 radical (unpaired) electrons. The second kappa shape index (κ2) is 5.12. The van der Waals surface area contributed by atoms with Gasteiger partial charge in [-0.05, 0) is 30.9 Å². The summed E-state index contributed by atoms with van der Waals surface area (Å²) in [5.74, 6) is 1.38. The summed E-state index contributed by atoms with van der Waals surface area (Å²) in [6, 6.07) is 10.6. The monoisotopic (exact) mass is 245 g/mol. The zero-order valence-corrected chi connectivity index (χ0v) is 10.4. The van der Waals surface area contributed by atoms with Gasteiger partial charge in [-0.1, -0.05) is 24.6 Å². The number of aliphatic hydroxyl groups is 1. The molecule has 0 bridgehead atoms. The molecule has 96 valence electrons. The first-order valence-electron chi connectivity index (χ1n) is 6.68. The predicted octanol–water partition coefficient (Wildman–Crippen LogP) is 2.68. The lowest BCUT2D eigenvalue weighted by Gasteiger charge is -2.18. The van der Waals surface area contributed by atoms with Crippen LogP contribution in [-0.2, 0) is 6.54 Å². The third-order valence-corrected chi connectivity index (χ3v) is 3.91. The van der Waals surface area contributed by atoms with Gasteiger partial charge < -0.3 is 14.8 Å². The Morgan fingerprint density at radius 2 is 2.17 bits per heavy atom. The van der Waals surface area contributed by atoms with Gasteiger partial charge in [0.05, 0.1) is 6.54 Å². The van der Waals surface area contributed by atoms with Gasteiger partial charge in [-0.2, -0.15) is 0 Å². The summed E-state index contributed by atoms with van der Waals surface area (Å²) in [6.07, 6.45) is 3.50. The van der Waals surface area contributed by atoms with Crippen LogP contribution in [0.2, 0.25) is 0 Å². The van der Waals surface area contributed by atoms with Crippen molar-refractivity contribution in [3.05, 3.63) is 36.1 Å². The molecule has 3 rings (SSSR count). The molecule has 2 atom stereocenters. The van der Waals surface area contributed by atoms with Crippen molar-refractivity contribution in [2.75, 3.05) is 6.61 Å². The lowest BCUT2D eigenvalue weighted by atomic mass is 10.1. The fraction of sp³-hybridized carbons (Fsp3) is 0.467. The Kier molecular flexibility index (Phi) is 3.35. The van der Waals surface area contributed by atoms with Gasteiger partial charge in [0.1, 0.15) is 11.3 Å². The van der Waals surface area contributed by atoms with Crippen LogP contribution in [0.4, 0.5) is 0 Å². The van der Waals surface area contributed by atoms with Gasteiger partial charge in [0, 0.05) is 18.0 Å². The van der Waals surface area contributed by atoms with Gasteiger partial charge in [0.25, 0.3) is 0 Å². The lowest BCUT2D eigenvalue weighted by Crippen LogP contribution is -2.33. The van der Waals surface area contributed by atoms with E-state index in [1.54, 1.807) is 0 Å². The van der Waals surface area contributed by atoms with Crippen LogP contribution in [0.15, 0.2) is 34.7 Å². The molecule has 0 amide bonds. The normalized spacial score (nSPS) is 23.8. The maximum absolute atomic E-state index is 9.28. The summed E-state index contributed by atoms with van der Waals surface area (Å²) < 4.78 is 5.77. The molecule has 3 nitrogen and oxygen atoms in total. The molecule has 1 aliphatic carbocycles. The first kappa shape index (κ1) is 11.8. The van der Waals surface area contributed by atoms with E-state index in [1.807, 2.05) is 18.2 Å². The minimum absolute atomic E-state index is 0.289. The number of furan rings is 1. The van der Waals surface area contributed by atoms with Crippen molar-refractivity contribution < 1.29 is 9.52 Å². The summed E-state index contributed by atoms with van der Waals surface area (Å²) in [4.78, 5) is 0. The van der Waals surface area contributed by atoms with Gasteiger partial charge in [-0.3, -0.25) is 0 Å². The Bertz CT molecular complexity index is 487. The Morgan fingerprint density at radius 3 is 3.00 bits per heavy atom. The third kappa shape index (κ3) is 2.28. The summed E-state index contributed by atoms with van der Waals surface area (Å²) >= 11 is 0. The molecule has 2 aromatic rings. The van der Waals surface area contributed by atoms with Crippen LogP contribution in [-0.4, -0.2) is 17.8 Å². The van der Waals surface area contributed by atoms with Crippen molar-refractivity contribution in [1.29, 1.82) is 0 Å². The Labute approximate surface area is 107 Å². The van der Waals surface area contributed by atoms with Crippen LogP contribution in [0.25, 0.3) is 11.0 Å². The number of aliphatic hydroxyl groups excluding tert-OH is 1. The molecule has 1 aromatic heterocycles. The third-order valence-electron chi connectivity index (χ3n) is 3.91. The molecule has 1 heterocycles. The van der Waals surface area contributed by atoms with Crippen molar-refractivity contribution in [3.8, 4) is 0 Å². The Morgan fingerprint density at radius 1 is 1.28 bits per heavy atom. The molecule has 1 fully saturated rings. The van der Waals surface area contributed by atoms with Gasteiger partial charge >= 0.3 is 0 Å². The average Bonchev–Trinajstić information content (AvgIpc) is 3.01. The fourth-order valence-electron chi connectivity index (χ4n) is 2.88. The molecular weight excluding hydrogens is 226 g/mol. The maximum Gasteiger partial charge on any atom is 0.134 e. The molecule has 2 unspecified atom stereocenters. The number of hydrogen-bond acceptors (Lipinski definition) is 3. The van der Waals surface area contributed by atoms with E-state index in [0.29, 0.717) is 12.0 Å². The Hall–Kier alpha value is -1.32. The molecular formula is C15H19NO2. The molecule has 1 aliphatic rings. The zero-order valence-electron chi connectivity index (χ0n) is 10.4. The summed E-state index contributed by atoms with van der Waals surface area (Å²) in [5.41, 5.74) is 0.944. The van der Waals surface area contributed by atoms with Crippen molar-refractivity contribution in [2.24, 2.45) is 5.92 Å². The number of nitrogens with one attached hydrogen (secondary N) is 1. The van der Waals surface area contributed by atoms with E-state index in [-0.39, 0.29) is 6.61 Å². The van der Waals surface area contributed by atoms with Crippen molar-refractivity contribution >= 4 is 11.0 Å². The molecule has 0 aliphatic heterocycles. The average molecular weight is 245 g/mol. The van der Waals surface area contributed by atoms with Crippen LogP contribution < -0.4 is 5.32 Å². The first-order valence-corrected chi connectivity index (χ1v) is 6.68. The van der Waals surface area contributed by atoms with Crippen molar-refractivity contribution in [2.45, 2.75) is 31.8 Å². The quantitative estimate of drug-likeness (QED) is 0.870. The highest BCUT2D eigenvalue weighted by molar-refractivity contribution is 5.77. The molecule has 18 heavy (non-hydrogen) atoms. The van der Waals surface area contributed by atoms with Gasteiger partial charge in [-0.25, -0.2) is 0 Å². The zero-order chi connectivity index (χ0) is 12.4. The molecule has 0 saturated heterocycles. The SMILES string of the molecule is OCC1CCCC1NCc1cc2ccccc2o1. The van der Waals surface area contributed by atoms with E-state index in [2.05, 4.69) is 17.4 Å². The van der Waals surface area contributed by atoms with Gasteiger partial charge in [-0.15, -0.1) is 0 Å². The second-order valence-corrected chi connectivity index (χ2v) is 5.11. The van der Waals surface area contributed by atoms with E-state index in [0.717, 1.165) is 36.1 Å². The largest absolute Gasteiger partial charge is 0.460 e. The highest BCUT2D eigenvalue weighted by Gasteiger charge is 2.26. The standard InChI is InChI=1S/C15H19NO2/c17-10-12-5-3-6-14(12)16-9-13-8-11-4-1-2-7-15(11)18-13/h1-2,4,7-8,12,14,16-17H,3,5-6,9-10H2. The number of fused-ring (bicyclic) bond motifs is 1. The highest BCUT2D eigenvalue weighted by atomic mass is 16.3. The van der Waals surface area contributed by atoms with Gasteiger partial charge in [0.2, 0.25) is 0 Å². The van der Waals surface area contributed by atoms with E-state index >= 15 is 0 Å². The summed E-state index contributed by atoms with van der Waals surface area (Å²) in [7, 11) is 0.